The van der Waals surface area contributed by atoms with Gasteiger partial charge in [0, 0.05) is 5.54 Å². The number of hydrogen-bond donors (Lipinski definition) is 0. The number of hydrogen-bond acceptors (Lipinski definition) is 1. The van der Waals surface area contributed by atoms with Crippen LogP contribution in [0, 0.1) is 0 Å². The van der Waals surface area contributed by atoms with E-state index in [0.29, 0.717) is 18.2 Å². The summed E-state index contributed by atoms with van der Waals surface area (Å²) in [4.78, 5) is 14.8. The third-order valence-electron chi connectivity index (χ3n) is 5.44. The van der Waals surface area contributed by atoms with E-state index in [1.54, 1.807) is 0 Å². The molecule has 2 heteroatoms. The Morgan fingerprint density at radius 1 is 1.21 bits per heavy atom. The Hall–Kier alpha value is -1.31. The fourth-order valence-corrected chi connectivity index (χ4v) is 4.70. The Bertz CT molecular complexity index is 542. The predicted molar refractivity (Wildman–Crippen MR) is 76.5 cm³/mol. The maximum absolute atomic E-state index is 12.6. The molecule has 1 atom stereocenters. The first-order valence-corrected chi connectivity index (χ1v) is 7.66. The highest BCUT2D eigenvalue weighted by Gasteiger charge is 2.49. The summed E-state index contributed by atoms with van der Waals surface area (Å²) in [7, 11) is 0. The number of rotatable bonds is 0. The van der Waals surface area contributed by atoms with Gasteiger partial charge >= 0.3 is 0 Å². The summed E-state index contributed by atoms with van der Waals surface area (Å²) in [6.45, 7) is 2.34. The van der Waals surface area contributed by atoms with Gasteiger partial charge in [-0.15, -0.1) is 0 Å². The molecule has 0 aromatic heterocycles. The molecule has 19 heavy (non-hydrogen) atoms. The van der Waals surface area contributed by atoms with E-state index in [1.807, 2.05) is 0 Å². The zero-order valence-electron chi connectivity index (χ0n) is 11.6. The molecule has 0 N–H and O–H groups in total. The lowest BCUT2D eigenvalue weighted by atomic mass is 9.70. The van der Waals surface area contributed by atoms with Crippen LogP contribution in [-0.2, 0) is 11.2 Å². The van der Waals surface area contributed by atoms with Gasteiger partial charge in [-0.1, -0.05) is 44.4 Å². The lowest BCUT2D eigenvalue weighted by molar-refractivity contribution is -0.119. The molecule has 1 spiro atoms. The molecule has 1 amide bonds. The molecule has 2 aliphatic heterocycles. The zero-order valence-corrected chi connectivity index (χ0v) is 11.6. The van der Waals surface area contributed by atoms with Gasteiger partial charge < -0.3 is 4.90 Å². The van der Waals surface area contributed by atoms with Crippen molar-refractivity contribution in [3.63, 3.8) is 0 Å². The first-order chi connectivity index (χ1) is 9.21. The minimum Gasteiger partial charge on any atom is -0.305 e. The normalized spacial score (nSPS) is 27.7. The number of nitrogens with zero attached hydrogens (tertiary/aromatic N) is 1. The van der Waals surface area contributed by atoms with Crippen LogP contribution < -0.4 is 4.90 Å². The van der Waals surface area contributed by atoms with Crippen molar-refractivity contribution in [3.05, 3.63) is 29.3 Å². The Labute approximate surface area is 114 Å². The second-order valence-corrected chi connectivity index (χ2v) is 6.65. The van der Waals surface area contributed by atoms with E-state index in [9.17, 15) is 4.79 Å². The van der Waals surface area contributed by atoms with Crippen molar-refractivity contribution in [1.29, 1.82) is 0 Å². The average molecular weight is 255 g/mol. The summed E-state index contributed by atoms with van der Waals surface area (Å²) < 4.78 is 0. The Kier molecular flexibility index (Phi) is 2.33. The summed E-state index contributed by atoms with van der Waals surface area (Å²) in [5.74, 6) is 0.937. The number of para-hydroxylation sites is 1. The summed E-state index contributed by atoms with van der Waals surface area (Å²) in [5, 5.41) is 0. The largest absolute Gasteiger partial charge is 0.305 e. The van der Waals surface area contributed by atoms with Crippen molar-refractivity contribution < 1.29 is 4.79 Å². The van der Waals surface area contributed by atoms with Gasteiger partial charge in [0.1, 0.15) is 0 Å². The van der Waals surface area contributed by atoms with Crippen LogP contribution in [0.15, 0.2) is 18.2 Å². The minimum absolute atomic E-state index is 0.147. The molecule has 2 nitrogen and oxygen atoms in total. The van der Waals surface area contributed by atoms with E-state index >= 15 is 0 Å². The van der Waals surface area contributed by atoms with E-state index < -0.39 is 0 Å². The average Bonchev–Trinajstić information content (AvgIpc) is 2.75. The lowest BCUT2D eigenvalue weighted by Gasteiger charge is -2.50. The molecule has 1 saturated carbocycles. The standard InChI is InChI=1S/C17H21NO/c1-12-11-17(8-3-2-4-9-17)18-15(19)10-13-6-5-7-14(12)16(13)18/h5-7,12H,2-4,8-11H2,1H3. The van der Waals surface area contributed by atoms with Crippen molar-refractivity contribution in [2.45, 2.75) is 63.3 Å². The highest BCUT2D eigenvalue weighted by atomic mass is 16.2. The summed E-state index contributed by atoms with van der Waals surface area (Å²) >= 11 is 0. The van der Waals surface area contributed by atoms with Crippen molar-refractivity contribution in [1.82, 2.24) is 0 Å². The van der Waals surface area contributed by atoms with Crippen LogP contribution in [0.4, 0.5) is 5.69 Å². The summed E-state index contributed by atoms with van der Waals surface area (Å²) in [6.07, 6.45) is 8.11. The second kappa shape index (κ2) is 3.84. The number of anilines is 1. The topological polar surface area (TPSA) is 20.3 Å². The Morgan fingerprint density at radius 3 is 2.79 bits per heavy atom. The zero-order chi connectivity index (χ0) is 13.0. The molecule has 1 aromatic rings. The van der Waals surface area contributed by atoms with Crippen LogP contribution in [0.5, 0.6) is 0 Å². The number of amides is 1. The quantitative estimate of drug-likeness (QED) is 0.690. The Morgan fingerprint density at radius 2 is 2.00 bits per heavy atom. The monoisotopic (exact) mass is 255 g/mol. The van der Waals surface area contributed by atoms with Gasteiger partial charge in [0.25, 0.3) is 0 Å². The maximum Gasteiger partial charge on any atom is 0.232 e. The van der Waals surface area contributed by atoms with Crippen LogP contribution in [-0.4, -0.2) is 11.4 Å². The first kappa shape index (κ1) is 11.5. The third-order valence-corrected chi connectivity index (χ3v) is 5.44. The van der Waals surface area contributed by atoms with Crippen LogP contribution in [0.25, 0.3) is 0 Å². The molecule has 1 aliphatic carbocycles. The SMILES string of the molecule is CC1CC2(CCCCC2)N2C(=O)Cc3cccc1c32. The maximum atomic E-state index is 12.6. The highest BCUT2D eigenvalue weighted by molar-refractivity contribution is 6.04. The molecule has 2 heterocycles. The van der Waals surface area contributed by atoms with Gasteiger partial charge in [-0.25, -0.2) is 0 Å². The Balaban J connectivity index is 1.90. The van der Waals surface area contributed by atoms with Crippen LogP contribution in [0.2, 0.25) is 0 Å². The van der Waals surface area contributed by atoms with E-state index in [1.165, 1.54) is 48.9 Å². The van der Waals surface area contributed by atoms with E-state index in [2.05, 4.69) is 30.0 Å². The van der Waals surface area contributed by atoms with Crippen molar-refractivity contribution in [2.24, 2.45) is 0 Å². The van der Waals surface area contributed by atoms with Gasteiger partial charge in [0.05, 0.1) is 12.1 Å². The van der Waals surface area contributed by atoms with Crippen LogP contribution in [0.1, 0.15) is 62.5 Å². The molecule has 1 unspecified atom stereocenters. The molecule has 100 valence electrons. The van der Waals surface area contributed by atoms with Crippen LogP contribution in [0.3, 0.4) is 0 Å². The summed E-state index contributed by atoms with van der Waals surface area (Å²) in [6, 6.07) is 6.50. The second-order valence-electron chi connectivity index (χ2n) is 6.65. The van der Waals surface area contributed by atoms with Crippen molar-refractivity contribution >= 4 is 11.6 Å². The van der Waals surface area contributed by atoms with Crippen LogP contribution >= 0.6 is 0 Å². The molecule has 0 radical (unpaired) electrons. The van der Waals surface area contributed by atoms with Gasteiger partial charge in [-0.05, 0) is 36.3 Å². The number of carbonyl (C=O) groups is 1. The number of fused-ring (bicyclic) bond motifs is 1. The highest BCUT2D eigenvalue weighted by Crippen LogP contribution is 2.53. The van der Waals surface area contributed by atoms with Gasteiger partial charge in [-0.3, -0.25) is 4.79 Å². The van der Waals surface area contributed by atoms with Crippen molar-refractivity contribution in [2.75, 3.05) is 4.90 Å². The third kappa shape index (κ3) is 1.46. The molecule has 1 aromatic carbocycles. The van der Waals surface area contributed by atoms with Gasteiger partial charge in [-0.2, -0.15) is 0 Å². The fourth-order valence-electron chi connectivity index (χ4n) is 4.70. The predicted octanol–water partition coefficient (Wildman–Crippen LogP) is 3.79. The van der Waals surface area contributed by atoms with Gasteiger partial charge in [0.2, 0.25) is 5.91 Å². The van der Waals surface area contributed by atoms with Gasteiger partial charge in [0.15, 0.2) is 0 Å². The fraction of sp³-hybridized carbons (Fsp3) is 0.588. The minimum atomic E-state index is 0.147. The summed E-state index contributed by atoms with van der Waals surface area (Å²) in [5.41, 5.74) is 4.10. The molecule has 3 aliphatic rings. The number of carbonyl (C=O) groups excluding carboxylic acids is 1. The van der Waals surface area contributed by atoms with E-state index in [0.717, 1.165) is 6.42 Å². The van der Waals surface area contributed by atoms with E-state index in [-0.39, 0.29) is 5.54 Å². The van der Waals surface area contributed by atoms with E-state index in [4.69, 9.17) is 0 Å². The first-order valence-electron chi connectivity index (χ1n) is 7.66. The molecule has 4 rings (SSSR count). The lowest BCUT2D eigenvalue weighted by Crippen LogP contribution is -2.54. The smallest absolute Gasteiger partial charge is 0.232 e. The molecule has 0 saturated heterocycles. The number of benzene rings is 1. The molecule has 0 bridgehead atoms. The molecular formula is C17H21NO. The molecular weight excluding hydrogens is 234 g/mol. The molecule has 1 fully saturated rings. The van der Waals surface area contributed by atoms with Crippen molar-refractivity contribution in [3.8, 4) is 0 Å².